The van der Waals surface area contributed by atoms with Gasteiger partial charge in [0.2, 0.25) is 0 Å². The molecule has 2 aromatic rings. The summed E-state index contributed by atoms with van der Waals surface area (Å²) in [6.45, 7) is 12.4. The summed E-state index contributed by atoms with van der Waals surface area (Å²) >= 11 is 0. The number of aromatic nitrogens is 2. The lowest BCUT2D eigenvalue weighted by atomic mass is 9.76. The Kier molecular flexibility index (Phi) is 10.1. The van der Waals surface area contributed by atoms with Gasteiger partial charge in [0, 0.05) is 48.8 Å². The highest BCUT2D eigenvalue weighted by molar-refractivity contribution is 5.63. The third kappa shape index (κ3) is 6.57. The fourth-order valence-corrected chi connectivity index (χ4v) is 8.02. The van der Waals surface area contributed by atoms with Crippen LogP contribution in [0.3, 0.4) is 0 Å². The van der Waals surface area contributed by atoms with Gasteiger partial charge in [-0.2, -0.15) is 10.5 Å². The van der Waals surface area contributed by atoms with Crippen LogP contribution in [-0.4, -0.2) is 52.8 Å². The lowest BCUT2D eigenvalue weighted by molar-refractivity contribution is 0.217. The van der Waals surface area contributed by atoms with Crippen LogP contribution in [0.1, 0.15) is 125 Å². The molecule has 3 saturated heterocycles. The third-order valence-electron chi connectivity index (χ3n) is 10.8. The van der Waals surface area contributed by atoms with Gasteiger partial charge in [0.25, 0.3) is 0 Å². The number of nitrogen functional groups attached to an aromatic ring is 1. The zero-order valence-corrected chi connectivity index (χ0v) is 27.2. The molecule has 8 heteroatoms. The molecule has 4 aliphatic rings. The first-order valence-corrected chi connectivity index (χ1v) is 17.0. The number of nitriles is 2. The summed E-state index contributed by atoms with van der Waals surface area (Å²) in [5, 5.41) is 19.4. The number of hydrogen-bond donors (Lipinski definition) is 1. The number of halogens is 1. The highest BCUT2D eigenvalue weighted by Gasteiger charge is 2.44. The third-order valence-corrected chi connectivity index (χ3v) is 10.8. The van der Waals surface area contributed by atoms with Gasteiger partial charge < -0.3 is 10.6 Å². The van der Waals surface area contributed by atoms with Crippen LogP contribution in [0.2, 0.25) is 0 Å². The molecule has 3 aliphatic heterocycles. The lowest BCUT2D eigenvalue weighted by Gasteiger charge is -2.32. The minimum atomic E-state index is -0.551. The van der Waals surface area contributed by atoms with E-state index >= 15 is 0 Å². The molecule has 0 spiro atoms. The van der Waals surface area contributed by atoms with Gasteiger partial charge in [0.1, 0.15) is 23.9 Å². The maximum absolute atomic E-state index is 12.8. The highest BCUT2D eigenvalue weighted by atomic mass is 19.1. The minimum absolute atomic E-state index is 0.143. The maximum Gasteiger partial charge on any atom is 0.135 e. The van der Waals surface area contributed by atoms with Crippen molar-refractivity contribution >= 4 is 11.5 Å². The first kappa shape index (κ1) is 32.2. The Bertz CT molecular complexity index is 1410. The van der Waals surface area contributed by atoms with Gasteiger partial charge in [-0.25, -0.2) is 14.4 Å². The monoisotopic (exact) mass is 599 g/mol. The van der Waals surface area contributed by atoms with Crippen molar-refractivity contribution in [3.8, 4) is 12.1 Å². The number of nitrogens with two attached hydrogens (primary N) is 1. The van der Waals surface area contributed by atoms with Gasteiger partial charge in [-0.1, -0.05) is 26.8 Å². The summed E-state index contributed by atoms with van der Waals surface area (Å²) in [4.78, 5) is 14.7. The quantitative estimate of drug-likeness (QED) is 0.369. The van der Waals surface area contributed by atoms with Crippen molar-refractivity contribution in [3.05, 3.63) is 45.9 Å². The van der Waals surface area contributed by atoms with Gasteiger partial charge in [0.05, 0.1) is 17.3 Å². The van der Waals surface area contributed by atoms with Crippen molar-refractivity contribution in [1.82, 2.24) is 14.9 Å². The van der Waals surface area contributed by atoms with Crippen LogP contribution in [0.5, 0.6) is 0 Å². The molecule has 236 valence electrons. The molecule has 0 saturated carbocycles. The Balaban J connectivity index is 0.000000322. The smallest absolute Gasteiger partial charge is 0.135 e. The van der Waals surface area contributed by atoms with Gasteiger partial charge in [-0.05, 0) is 107 Å². The van der Waals surface area contributed by atoms with Crippen LogP contribution < -0.4 is 10.6 Å². The Hall–Kier alpha value is -3.23. The van der Waals surface area contributed by atoms with Gasteiger partial charge in [0.15, 0.2) is 0 Å². The number of alkyl halides is 1. The van der Waals surface area contributed by atoms with Gasteiger partial charge in [-0.15, -0.1) is 0 Å². The molecule has 2 N–H and O–H groups in total. The molecular weight excluding hydrogens is 549 g/mol. The second-order valence-electron chi connectivity index (χ2n) is 13.7. The zero-order chi connectivity index (χ0) is 31.4. The molecule has 5 atom stereocenters. The van der Waals surface area contributed by atoms with Crippen LogP contribution in [0.25, 0.3) is 0 Å². The van der Waals surface area contributed by atoms with Crippen molar-refractivity contribution in [3.63, 3.8) is 0 Å². The highest BCUT2D eigenvalue weighted by Crippen LogP contribution is 2.42. The van der Waals surface area contributed by atoms with E-state index in [-0.39, 0.29) is 17.4 Å². The first-order chi connectivity index (χ1) is 21.2. The van der Waals surface area contributed by atoms with Gasteiger partial charge >= 0.3 is 0 Å². The van der Waals surface area contributed by atoms with Gasteiger partial charge in [-0.3, -0.25) is 4.90 Å². The lowest BCUT2D eigenvalue weighted by Crippen LogP contribution is -2.34. The van der Waals surface area contributed by atoms with E-state index in [2.05, 4.69) is 55.7 Å². The average Bonchev–Trinajstić information content (AvgIpc) is 3.40. The maximum atomic E-state index is 12.8. The Labute approximate surface area is 263 Å². The topological polar surface area (TPSA) is 106 Å². The molecule has 0 radical (unpaired) electrons. The molecule has 4 heterocycles. The van der Waals surface area contributed by atoms with E-state index in [1.165, 1.54) is 24.0 Å². The summed E-state index contributed by atoms with van der Waals surface area (Å²) in [6.07, 6.45) is 10.1. The van der Waals surface area contributed by atoms with Crippen molar-refractivity contribution in [1.29, 1.82) is 10.5 Å². The number of hydrogen-bond acceptors (Lipinski definition) is 7. The van der Waals surface area contributed by atoms with Crippen molar-refractivity contribution < 1.29 is 4.39 Å². The van der Waals surface area contributed by atoms with Crippen LogP contribution >= 0.6 is 0 Å². The number of rotatable bonds is 5. The molecule has 3 fully saturated rings. The van der Waals surface area contributed by atoms with E-state index in [9.17, 15) is 14.9 Å². The molecule has 1 aromatic heterocycles. The van der Waals surface area contributed by atoms with E-state index in [1.54, 1.807) is 0 Å². The van der Waals surface area contributed by atoms with Crippen LogP contribution in [0, 0.1) is 28.6 Å². The fraction of sp³-hybridized carbons (Fsp3) is 0.667. The predicted molar refractivity (Wildman–Crippen MR) is 174 cm³/mol. The summed E-state index contributed by atoms with van der Waals surface area (Å²) in [5.74, 6) is 2.71. The molecule has 5 unspecified atom stereocenters. The Morgan fingerprint density at radius 3 is 2.64 bits per heavy atom. The number of anilines is 2. The summed E-state index contributed by atoms with van der Waals surface area (Å²) in [6, 6.07) is 8.90. The van der Waals surface area contributed by atoms with Crippen molar-refractivity contribution in [2.24, 2.45) is 5.92 Å². The van der Waals surface area contributed by atoms with E-state index in [0.29, 0.717) is 23.7 Å². The summed E-state index contributed by atoms with van der Waals surface area (Å²) in [5.41, 5.74) is 12.5. The molecule has 7 nitrogen and oxygen atoms in total. The standard InChI is InChI=1S/C28H36N6.C8H14FN/c1-4-18(3)21-10-11-24(31)23(17-30)27(21)20-8-9-22-25(15-20)32-26(5-2)33-28(22)34-13-6-7-19(16-29)12-14-34;1-8-3-2-4-10(8)6-7(9)5-8/h10-11,18-20H,4-9,12-15,31H2,1-3H3;7H,2-6H2,1H3. The number of nitrogens with zero attached hydrogens (tertiary/aromatic N) is 6. The first-order valence-electron chi connectivity index (χ1n) is 17.0. The molecule has 0 amide bonds. The minimum Gasteiger partial charge on any atom is -0.398 e. The van der Waals surface area contributed by atoms with Crippen LogP contribution in [-0.2, 0) is 19.3 Å². The number of fused-ring (bicyclic) bond motifs is 2. The number of aryl methyl sites for hydroxylation is 1. The number of benzene rings is 1. The van der Waals surface area contributed by atoms with E-state index in [4.69, 9.17) is 15.7 Å². The second-order valence-corrected chi connectivity index (χ2v) is 13.7. The van der Waals surface area contributed by atoms with E-state index < -0.39 is 6.17 Å². The van der Waals surface area contributed by atoms with Crippen molar-refractivity contribution in [2.45, 2.75) is 122 Å². The second kappa shape index (κ2) is 13.8. The van der Waals surface area contributed by atoms with Crippen LogP contribution in [0.4, 0.5) is 15.9 Å². The molecule has 44 heavy (non-hydrogen) atoms. The average molecular weight is 600 g/mol. The zero-order valence-electron chi connectivity index (χ0n) is 27.2. The molecule has 1 aromatic carbocycles. The fourth-order valence-electron chi connectivity index (χ4n) is 8.02. The normalized spacial score (nSPS) is 27.2. The van der Waals surface area contributed by atoms with Crippen LogP contribution in [0.15, 0.2) is 12.1 Å². The molecule has 1 aliphatic carbocycles. The summed E-state index contributed by atoms with van der Waals surface area (Å²) < 4.78 is 12.8. The molecule has 0 bridgehead atoms. The summed E-state index contributed by atoms with van der Waals surface area (Å²) in [7, 11) is 0. The molecule has 6 rings (SSSR count). The Morgan fingerprint density at radius 2 is 1.93 bits per heavy atom. The predicted octanol–water partition coefficient (Wildman–Crippen LogP) is 6.99. The van der Waals surface area contributed by atoms with E-state index in [1.807, 2.05) is 6.07 Å². The SMILES string of the molecule is CC12CCCN1CC(F)C2.CCc1nc2c(c(N3CCCC(C#N)CC3)n1)CCC(c1c(C(C)CC)ccc(N)c1C#N)C2. The Morgan fingerprint density at radius 1 is 1.11 bits per heavy atom. The van der Waals surface area contributed by atoms with Crippen molar-refractivity contribution in [2.75, 3.05) is 36.8 Å². The van der Waals surface area contributed by atoms with E-state index in [0.717, 1.165) is 100 Å². The largest absolute Gasteiger partial charge is 0.398 e. The molecular formula is C36H50FN7.